The van der Waals surface area contributed by atoms with Crippen LogP contribution < -0.4 is 10.1 Å². The summed E-state index contributed by atoms with van der Waals surface area (Å²) >= 11 is 0. The fourth-order valence-corrected chi connectivity index (χ4v) is 2.36. The molecule has 0 aliphatic carbocycles. The molecule has 0 saturated carbocycles. The number of ether oxygens (including phenoxy) is 1. The van der Waals surface area contributed by atoms with Crippen LogP contribution in [0.15, 0.2) is 24.3 Å². The molecule has 1 aromatic carbocycles. The first-order chi connectivity index (χ1) is 10.1. The quantitative estimate of drug-likeness (QED) is 0.683. The van der Waals surface area contributed by atoms with Crippen molar-refractivity contribution in [1.82, 2.24) is 5.32 Å². The van der Waals surface area contributed by atoms with Crippen LogP contribution in [-0.4, -0.2) is 23.9 Å². The van der Waals surface area contributed by atoms with Gasteiger partial charge in [0.15, 0.2) is 0 Å². The first-order valence-corrected chi connectivity index (χ1v) is 8.27. The van der Waals surface area contributed by atoms with Crippen LogP contribution in [0.1, 0.15) is 65.0 Å². The van der Waals surface area contributed by atoms with Crippen molar-refractivity contribution in [3.63, 3.8) is 0 Å². The first-order valence-electron chi connectivity index (χ1n) is 8.27. The van der Waals surface area contributed by atoms with Crippen LogP contribution >= 0.6 is 0 Å². The van der Waals surface area contributed by atoms with Gasteiger partial charge in [0, 0.05) is 11.6 Å². The van der Waals surface area contributed by atoms with Gasteiger partial charge in [-0.3, -0.25) is 0 Å². The van der Waals surface area contributed by atoms with Crippen LogP contribution in [-0.2, 0) is 0 Å². The maximum absolute atomic E-state index is 10.4. The van der Waals surface area contributed by atoms with Gasteiger partial charge in [-0.15, -0.1) is 0 Å². The summed E-state index contributed by atoms with van der Waals surface area (Å²) in [5.74, 6) is 0.883. The van der Waals surface area contributed by atoms with Crippen LogP contribution in [0.3, 0.4) is 0 Å². The van der Waals surface area contributed by atoms with Gasteiger partial charge in [0.2, 0.25) is 0 Å². The summed E-state index contributed by atoms with van der Waals surface area (Å²) in [6.45, 7) is 9.69. The average Bonchev–Trinajstić information content (AvgIpc) is 2.54. The molecule has 0 aromatic heterocycles. The Balaban J connectivity index is 2.83. The zero-order chi connectivity index (χ0) is 15.7. The molecule has 3 nitrogen and oxygen atoms in total. The smallest absolute Gasteiger partial charge is 0.124 e. The molecule has 1 atom stereocenters. The Morgan fingerprint density at radius 1 is 1.14 bits per heavy atom. The van der Waals surface area contributed by atoms with E-state index in [2.05, 4.69) is 25.2 Å². The molecule has 21 heavy (non-hydrogen) atoms. The molecule has 1 rings (SSSR count). The predicted molar refractivity (Wildman–Crippen MR) is 88.8 cm³/mol. The van der Waals surface area contributed by atoms with E-state index in [1.807, 2.05) is 32.0 Å². The second-order valence-electron chi connectivity index (χ2n) is 5.67. The number of aliphatic hydroxyl groups is 1. The minimum absolute atomic E-state index is 0.303. The highest BCUT2D eigenvalue weighted by molar-refractivity contribution is 5.36. The molecule has 0 bridgehead atoms. The van der Waals surface area contributed by atoms with E-state index in [4.69, 9.17) is 4.74 Å². The maximum atomic E-state index is 10.4. The molecule has 0 spiro atoms. The van der Waals surface area contributed by atoms with Gasteiger partial charge in [0.05, 0.1) is 5.60 Å². The van der Waals surface area contributed by atoms with Gasteiger partial charge >= 0.3 is 0 Å². The van der Waals surface area contributed by atoms with Crippen molar-refractivity contribution in [3.8, 4) is 5.75 Å². The molecule has 3 heteroatoms. The first kappa shape index (κ1) is 18.0. The Hall–Kier alpha value is -1.06. The topological polar surface area (TPSA) is 41.5 Å². The third-order valence-corrected chi connectivity index (χ3v) is 4.16. The van der Waals surface area contributed by atoms with Gasteiger partial charge < -0.3 is 15.2 Å². The molecule has 1 unspecified atom stereocenters. The van der Waals surface area contributed by atoms with Gasteiger partial charge in [0.1, 0.15) is 12.4 Å². The van der Waals surface area contributed by atoms with Crippen molar-refractivity contribution < 1.29 is 9.84 Å². The van der Waals surface area contributed by atoms with Crippen LogP contribution in [0.5, 0.6) is 5.75 Å². The van der Waals surface area contributed by atoms with Crippen molar-refractivity contribution in [2.75, 3.05) is 13.2 Å². The summed E-state index contributed by atoms with van der Waals surface area (Å²) in [5, 5.41) is 13.9. The molecule has 0 aliphatic rings. The predicted octanol–water partition coefficient (Wildman–Crippen LogP) is 4.07. The van der Waals surface area contributed by atoms with Crippen molar-refractivity contribution in [2.24, 2.45) is 0 Å². The zero-order valence-electron chi connectivity index (χ0n) is 14.0. The lowest BCUT2D eigenvalue weighted by Crippen LogP contribution is -2.34. The van der Waals surface area contributed by atoms with E-state index in [0.29, 0.717) is 25.5 Å². The van der Waals surface area contributed by atoms with Crippen molar-refractivity contribution in [2.45, 2.75) is 65.0 Å². The van der Waals surface area contributed by atoms with E-state index in [0.717, 1.165) is 25.1 Å². The van der Waals surface area contributed by atoms with E-state index in [1.165, 1.54) is 5.56 Å². The third-order valence-electron chi connectivity index (χ3n) is 4.16. The highest BCUT2D eigenvalue weighted by Gasteiger charge is 2.24. The number of nitrogens with one attached hydrogen (secondary N) is 1. The number of para-hydroxylation sites is 1. The highest BCUT2D eigenvalue weighted by atomic mass is 16.5. The fraction of sp³-hybridized carbons (Fsp3) is 0.667. The Bertz CT molecular complexity index is 402. The van der Waals surface area contributed by atoms with Crippen molar-refractivity contribution in [1.29, 1.82) is 0 Å². The number of rotatable bonds is 10. The fourth-order valence-electron chi connectivity index (χ4n) is 2.36. The Kier molecular flexibility index (Phi) is 7.76. The van der Waals surface area contributed by atoms with Crippen molar-refractivity contribution >= 4 is 0 Å². The van der Waals surface area contributed by atoms with E-state index < -0.39 is 5.60 Å². The van der Waals surface area contributed by atoms with Gasteiger partial charge in [-0.25, -0.2) is 0 Å². The number of benzene rings is 1. The highest BCUT2D eigenvalue weighted by Crippen LogP contribution is 2.28. The van der Waals surface area contributed by atoms with E-state index >= 15 is 0 Å². The van der Waals surface area contributed by atoms with E-state index in [-0.39, 0.29) is 0 Å². The molecular formula is C18H31NO2. The van der Waals surface area contributed by atoms with Gasteiger partial charge in [-0.05, 0) is 38.3 Å². The normalized spacial score (nSPS) is 13.2. The van der Waals surface area contributed by atoms with Gasteiger partial charge in [-0.2, -0.15) is 0 Å². The van der Waals surface area contributed by atoms with Crippen LogP contribution in [0.25, 0.3) is 0 Å². The second kappa shape index (κ2) is 9.06. The summed E-state index contributed by atoms with van der Waals surface area (Å²) in [6, 6.07) is 8.45. The molecule has 0 aliphatic heterocycles. The molecule has 2 N–H and O–H groups in total. The van der Waals surface area contributed by atoms with Gasteiger partial charge in [-0.1, -0.05) is 45.9 Å². The summed E-state index contributed by atoms with van der Waals surface area (Å²) in [4.78, 5) is 0. The summed E-state index contributed by atoms with van der Waals surface area (Å²) < 4.78 is 5.96. The molecule has 1 aromatic rings. The lowest BCUT2D eigenvalue weighted by molar-refractivity contribution is -0.0117. The SMILES string of the molecule is CCCNC(CC)c1ccccc1OCC(O)(CC)CC. The minimum Gasteiger partial charge on any atom is -0.490 e. The lowest BCUT2D eigenvalue weighted by Gasteiger charge is -2.27. The average molecular weight is 293 g/mol. The Morgan fingerprint density at radius 3 is 2.38 bits per heavy atom. The number of hydrogen-bond donors (Lipinski definition) is 2. The maximum Gasteiger partial charge on any atom is 0.124 e. The van der Waals surface area contributed by atoms with Crippen LogP contribution in [0.4, 0.5) is 0 Å². The largest absolute Gasteiger partial charge is 0.490 e. The summed E-state index contributed by atoms with van der Waals surface area (Å²) in [6.07, 6.45) is 3.55. The summed E-state index contributed by atoms with van der Waals surface area (Å²) in [7, 11) is 0. The van der Waals surface area contributed by atoms with Crippen LogP contribution in [0, 0.1) is 0 Å². The van der Waals surface area contributed by atoms with Crippen LogP contribution in [0.2, 0.25) is 0 Å². The molecule has 0 fully saturated rings. The standard InChI is InChI=1S/C18H31NO2/c1-5-13-19-16(6-2)15-11-9-10-12-17(15)21-14-18(20,7-3)8-4/h9-12,16,19-20H,5-8,13-14H2,1-4H3. The molecule has 0 saturated heterocycles. The Labute approximate surface area is 129 Å². The van der Waals surface area contributed by atoms with E-state index in [1.54, 1.807) is 0 Å². The van der Waals surface area contributed by atoms with Gasteiger partial charge in [0.25, 0.3) is 0 Å². The zero-order valence-corrected chi connectivity index (χ0v) is 14.0. The molecular weight excluding hydrogens is 262 g/mol. The minimum atomic E-state index is -0.730. The Morgan fingerprint density at radius 2 is 1.81 bits per heavy atom. The number of hydrogen-bond acceptors (Lipinski definition) is 3. The third kappa shape index (κ3) is 5.33. The monoisotopic (exact) mass is 293 g/mol. The summed E-state index contributed by atoms with van der Waals surface area (Å²) in [5.41, 5.74) is 0.453. The molecule has 0 radical (unpaired) electrons. The molecule has 0 amide bonds. The molecule has 0 heterocycles. The molecule has 120 valence electrons. The lowest BCUT2D eigenvalue weighted by atomic mass is 9.98. The second-order valence-corrected chi connectivity index (χ2v) is 5.67. The van der Waals surface area contributed by atoms with E-state index in [9.17, 15) is 5.11 Å². The van der Waals surface area contributed by atoms with Crippen molar-refractivity contribution in [3.05, 3.63) is 29.8 Å².